The Bertz CT molecular complexity index is 730. The van der Waals surface area contributed by atoms with Gasteiger partial charge >= 0.3 is 5.97 Å². The fourth-order valence-corrected chi connectivity index (χ4v) is 2.32. The van der Waals surface area contributed by atoms with E-state index in [4.69, 9.17) is 19.9 Å². The molecule has 0 radical (unpaired) electrons. The summed E-state index contributed by atoms with van der Waals surface area (Å²) < 4.78 is 16.0. The van der Waals surface area contributed by atoms with Crippen LogP contribution in [0.4, 0.5) is 0 Å². The number of primary amides is 1. The fraction of sp³-hybridized carbons (Fsp3) is 0.263. The van der Waals surface area contributed by atoms with Crippen molar-refractivity contribution in [3.63, 3.8) is 0 Å². The number of carbonyl (C=O) groups is 2. The van der Waals surface area contributed by atoms with Crippen LogP contribution in [0.1, 0.15) is 34.5 Å². The number of esters is 1. The highest BCUT2D eigenvalue weighted by molar-refractivity contribution is 5.92. The second-order valence-electron chi connectivity index (χ2n) is 5.26. The number of methoxy groups -OCH3 is 1. The molecule has 2 aromatic carbocycles. The molecule has 6 nitrogen and oxygen atoms in total. The first-order valence-electron chi connectivity index (χ1n) is 7.86. The fourth-order valence-electron chi connectivity index (χ4n) is 2.32. The highest BCUT2D eigenvalue weighted by Gasteiger charge is 2.23. The van der Waals surface area contributed by atoms with Gasteiger partial charge in [0.1, 0.15) is 5.75 Å². The average molecular weight is 343 g/mol. The van der Waals surface area contributed by atoms with Crippen LogP contribution < -0.4 is 10.5 Å². The highest BCUT2D eigenvalue weighted by atomic mass is 16.5. The van der Waals surface area contributed by atoms with E-state index in [9.17, 15) is 9.59 Å². The number of ether oxygens (including phenoxy) is 3. The molecule has 0 fully saturated rings. The van der Waals surface area contributed by atoms with Gasteiger partial charge in [0, 0.05) is 17.7 Å². The topological polar surface area (TPSA) is 87.9 Å². The van der Waals surface area contributed by atoms with E-state index >= 15 is 0 Å². The molecular weight excluding hydrogens is 322 g/mol. The van der Waals surface area contributed by atoms with Crippen LogP contribution >= 0.6 is 0 Å². The molecule has 1 unspecified atom stereocenters. The maximum atomic E-state index is 12.4. The van der Waals surface area contributed by atoms with Gasteiger partial charge < -0.3 is 19.9 Å². The Morgan fingerprint density at radius 2 is 1.84 bits per heavy atom. The number of rotatable bonds is 8. The summed E-state index contributed by atoms with van der Waals surface area (Å²) in [7, 11) is 1.54. The standard InChI is InChI=1S/C19H21NO5/c1-3-24-12-15-11-14(9-10-16(15)23-2)19(22)25-17(18(20)21)13-7-5-4-6-8-13/h4-11,17H,3,12H2,1-2H3,(H2,20,21). The molecule has 0 aliphatic rings. The molecule has 2 N–H and O–H groups in total. The summed E-state index contributed by atoms with van der Waals surface area (Å²) in [6, 6.07) is 13.5. The lowest BCUT2D eigenvalue weighted by Gasteiger charge is -2.16. The summed E-state index contributed by atoms with van der Waals surface area (Å²) in [5.41, 5.74) is 6.91. The van der Waals surface area contributed by atoms with Crippen LogP contribution in [-0.4, -0.2) is 25.6 Å². The van der Waals surface area contributed by atoms with Gasteiger partial charge in [-0.15, -0.1) is 0 Å². The van der Waals surface area contributed by atoms with Crippen molar-refractivity contribution in [1.29, 1.82) is 0 Å². The zero-order valence-electron chi connectivity index (χ0n) is 14.2. The quantitative estimate of drug-likeness (QED) is 0.744. The first kappa shape index (κ1) is 18.5. The normalized spacial score (nSPS) is 11.6. The smallest absolute Gasteiger partial charge is 0.339 e. The molecule has 132 valence electrons. The molecule has 0 aromatic heterocycles. The van der Waals surface area contributed by atoms with Crippen molar-refractivity contribution >= 4 is 11.9 Å². The van der Waals surface area contributed by atoms with Crippen molar-refractivity contribution in [3.8, 4) is 5.75 Å². The highest BCUT2D eigenvalue weighted by Crippen LogP contribution is 2.23. The SMILES string of the molecule is CCOCc1cc(C(=O)OC(C(N)=O)c2ccccc2)ccc1OC. The van der Waals surface area contributed by atoms with Gasteiger partial charge in [-0.05, 0) is 25.1 Å². The number of carbonyl (C=O) groups excluding carboxylic acids is 2. The summed E-state index contributed by atoms with van der Waals surface area (Å²) in [4.78, 5) is 24.1. The monoisotopic (exact) mass is 343 g/mol. The Morgan fingerprint density at radius 3 is 2.44 bits per heavy atom. The van der Waals surface area contributed by atoms with Crippen LogP contribution in [0.2, 0.25) is 0 Å². The molecule has 0 aliphatic carbocycles. The van der Waals surface area contributed by atoms with E-state index in [1.165, 1.54) is 0 Å². The van der Waals surface area contributed by atoms with E-state index in [2.05, 4.69) is 0 Å². The lowest BCUT2D eigenvalue weighted by Crippen LogP contribution is -2.26. The molecule has 0 heterocycles. The van der Waals surface area contributed by atoms with Gasteiger partial charge in [-0.3, -0.25) is 4.79 Å². The van der Waals surface area contributed by atoms with Crippen molar-refractivity contribution < 1.29 is 23.8 Å². The van der Waals surface area contributed by atoms with Gasteiger partial charge in [-0.2, -0.15) is 0 Å². The van der Waals surface area contributed by atoms with Crippen molar-refractivity contribution in [3.05, 3.63) is 65.2 Å². The zero-order chi connectivity index (χ0) is 18.2. The summed E-state index contributed by atoms with van der Waals surface area (Å²) in [6.45, 7) is 2.72. The van der Waals surface area contributed by atoms with Gasteiger partial charge in [0.15, 0.2) is 0 Å². The Morgan fingerprint density at radius 1 is 1.12 bits per heavy atom. The van der Waals surface area contributed by atoms with Gasteiger partial charge in [0.2, 0.25) is 6.10 Å². The molecule has 0 spiro atoms. The van der Waals surface area contributed by atoms with Crippen LogP contribution in [0.5, 0.6) is 5.75 Å². The minimum absolute atomic E-state index is 0.290. The molecule has 2 aromatic rings. The lowest BCUT2D eigenvalue weighted by atomic mass is 10.1. The molecule has 0 saturated carbocycles. The van der Waals surface area contributed by atoms with Crippen LogP contribution in [0.3, 0.4) is 0 Å². The minimum Gasteiger partial charge on any atom is -0.496 e. The molecular formula is C19H21NO5. The molecule has 0 saturated heterocycles. The summed E-state index contributed by atoms with van der Waals surface area (Å²) in [5.74, 6) is -0.768. The van der Waals surface area contributed by atoms with Crippen LogP contribution in [-0.2, 0) is 20.9 Å². The average Bonchev–Trinajstić information content (AvgIpc) is 2.64. The van der Waals surface area contributed by atoms with E-state index < -0.39 is 18.0 Å². The Balaban J connectivity index is 2.22. The molecule has 0 aliphatic heterocycles. The molecule has 1 amide bonds. The van der Waals surface area contributed by atoms with E-state index in [1.807, 2.05) is 6.92 Å². The number of hydrogen-bond acceptors (Lipinski definition) is 5. The summed E-state index contributed by atoms with van der Waals surface area (Å²) >= 11 is 0. The first-order chi connectivity index (χ1) is 12.1. The van der Waals surface area contributed by atoms with Gasteiger partial charge in [-0.25, -0.2) is 4.79 Å². The van der Waals surface area contributed by atoms with Crippen LogP contribution in [0.25, 0.3) is 0 Å². The molecule has 6 heteroatoms. The second kappa shape index (κ2) is 8.84. The van der Waals surface area contributed by atoms with E-state index in [-0.39, 0.29) is 5.56 Å². The third kappa shape index (κ3) is 4.81. The Hall–Kier alpha value is -2.86. The Kier molecular flexibility index (Phi) is 6.54. The number of nitrogens with two attached hydrogens (primary N) is 1. The van der Waals surface area contributed by atoms with Crippen molar-refractivity contribution in [2.24, 2.45) is 5.73 Å². The van der Waals surface area contributed by atoms with Gasteiger partial charge in [0.25, 0.3) is 5.91 Å². The first-order valence-corrected chi connectivity index (χ1v) is 7.86. The molecule has 2 rings (SSSR count). The minimum atomic E-state index is -1.15. The van der Waals surface area contributed by atoms with E-state index in [0.29, 0.717) is 30.1 Å². The number of benzene rings is 2. The molecule has 1 atom stereocenters. The van der Waals surface area contributed by atoms with Crippen LogP contribution in [0.15, 0.2) is 48.5 Å². The van der Waals surface area contributed by atoms with Crippen molar-refractivity contribution in [1.82, 2.24) is 0 Å². The van der Waals surface area contributed by atoms with Crippen LogP contribution in [0, 0.1) is 0 Å². The Labute approximate surface area is 146 Å². The zero-order valence-corrected chi connectivity index (χ0v) is 14.2. The maximum Gasteiger partial charge on any atom is 0.339 e. The number of amides is 1. The van der Waals surface area contributed by atoms with Gasteiger partial charge in [-0.1, -0.05) is 30.3 Å². The lowest BCUT2D eigenvalue weighted by molar-refractivity contribution is -0.127. The third-order valence-electron chi connectivity index (χ3n) is 3.56. The second-order valence-corrected chi connectivity index (χ2v) is 5.26. The van der Waals surface area contributed by atoms with E-state index in [0.717, 1.165) is 0 Å². The number of hydrogen-bond donors (Lipinski definition) is 1. The van der Waals surface area contributed by atoms with Crippen molar-refractivity contribution in [2.45, 2.75) is 19.6 Å². The molecule has 0 bridgehead atoms. The molecule has 25 heavy (non-hydrogen) atoms. The predicted octanol–water partition coefficient (Wildman–Crippen LogP) is 2.62. The summed E-state index contributed by atoms with van der Waals surface area (Å²) in [6.07, 6.45) is -1.15. The predicted molar refractivity (Wildman–Crippen MR) is 92.1 cm³/mol. The van der Waals surface area contributed by atoms with Gasteiger partial charge in [0.05, 0.1) is 19.3 Å². The maximum absolute atomic E-state index is 12.4. The van der Waals surface area contributed by atoms with E-state index in [1.54, 1.807) is 55.6 Å². The largest absolute Gasteiger partial charge is 0.496 e. The van der Waals surface area contributed by atoms with Crippen molar-refractivity contribution in [2.75, 3.05) is 13.7 Å². The summed E-state index contributed by atoms with van der Waals surface area (Å²) in [5, 5.41) is 0. The third-order valence-corrected chi connectivity index (χ3v) is 3.56.